The number of allylic oxidation sites excluding steroid dienone is 1. The van der Waals surface area contributed by atoms with E-state index in [2.05, 4.69) is 47.6 Å². The molecule has 0 amide bonds. The minimum absolute atomic E-state index is 0.00686. The van der Waals surface area contributed by atoms with Gasteiger partial charge < -0.3 is 119 Å². The first-order valence-electron chi connectivity index (χ1n) is 31.0. The van der Waals surface area contributed by atoms with Crippen molar-refractivity contribution in [1.82, 2.24) is 0 Å². The fourth-order valence-electron chi connectivity index (χ4n) is 16.9. The Morgan fingerprint density at radius 1 is 0.560 bits per heavy atom. The van der Waals surface area contributed by atoms with Gasteiger partial charge in [-0.1, -0.05) is 53.2 Å². The minimum Gasteiger partial charge on any atom is -0.394 e. The maximum absolute atomic E-state index is 11.8. The molecule has 14 N–H and O–H groups in total. The fourth-order valence-corrected chi connectivity index (χ4v) is 16.9. The molecule has 0 aromatic heterocycles. The SMILES string of the molecule is C[C@H](CC[C@@H](O[C@@H]1O[C@H](COC2O[C@H](CO)C(O)[C@H](O)[C@H]2O)C[C@H](O)C1O[C@@H]1OC(CO)C[C@H](O)[C@H]1O)C(C)(C)O)C1CC[C@@]2(C)C3CC=C4C(CC[C@H](O[C@@H]5O[C@H](CO[C@H]6O[C@H](CO)[C@@H](O)C[C@H]6O)C[C@H](O)[C@H]5O)C4(C)C)[C@]3(C)CC[C@]12C. The van der Waals surface area contributed by atoms with Crippen molar-refractivity contribution in [3.63, 3.8) is 0 Å². The molecule has 7 unspecified atom stereocenters. The van der Waals surface area contributed by atoms with Gasteiger partial charge in [0.25, 0.3) is 0 Å². The third-order valence-electron chi connectivity index (χ3n) is 22.3. The first kappa shape index (κ1) is 67.2. The molecule has 9 rings (SSSR count). The van der Waals surface area contributed by atoms with Gasteiger partial charge in [0.2, 0.25) is 0 Å². The lowest BCUT2D eigenvalue weighted by Gasteiger charge is -2.66. The highest BCUT2D eigenvalue weighted by atomic mass is 16.8. The molecule has 5 heterocycles. The quantitative estimate of drug-likeness (QED) is 0.0698. The van der Waals surface area contributed by atoms with Crippen LogP contribution in [0.3, 0.4) is 0 Å². The van der Waals surface area contributed by atoms with E-state index in [1.54, 1.807) is 13.8 Å². The molecule has 0 aromatic carbocycles. The van der Waals surface area contributed by atoms with E-state index in [4.69, 9.17) is 47.4 Å². The van der Waals surface area contributed by atoms with Crippen LogP contribution in [0.25, 0.3) is 0 Å². The van der Waals surface area contributed by atoms with Crippen LogP contribution in [0.15, 0.2) is 11.6 Å². The third kappa shape index (κ3) is 13.1. The van der Waals surface area contributed by atoms with Gasteiger partial charge in [0.15, 0.2) is 31.5 Å². The third-order valence-corrected chi connectivity index (χ3v) is 22.3. The Kier molecular flexibility index (Phi) is 21.2. The number of hydrogen-bond donors (Lipinski definition) is 14. The maximum atomic E-state index is 11.8. The Hall–Kier alpha value is -1.22. The Morgan fingerprint density at radius 3 is 1.80 bits per heavy atom. The predicted octanol–water partition coefficient (Wildman–Crippen LogP) is -0.262. The molecule has 24 nitrogen and oxygen atoms in total. The summed E-state index contributed by atoms with van der Waals surface area (Å²) in [7, 11) is 0. The summed E-state index contributed by atoms with van der Waals surface area (Å²) in [6.45, 7) is 15.4. The highest BCUT2D eigenvalue weighted by Gasteiger charge is 2.68. The molecule has 0 radical (unpaired) electrons. The summed E-state index contributed by atoms with van der Waals surface area (Å²) >= 11 is 0. The zero-order valence-corrected chi connectivity index (χ0v) is 50.2. The van der Waals surface area contributed by atoms with Gasteiger partial charge in [0.1, 0.15) is 54.9 Å². The first-order valence-corrected chi connectivity index (χ1v) is 31.0. The van der Waals surface area contributed by atoms with E-state index in [1.165, 1.54) is 5.57 Å². The van der Waals surface area contributed by atoms with E-state index in [9.17, 15) is 71.5 Å². The van der Waals surface area contributed by atoms with Crippen LogP contribution in [-0.2, 0) is 47.4 Å². The van der Waals surface area contributed by atoms with E-state index in [-0.39, 0.29) is 67.2 Å². The van der Waals surface area contributed by atoms with Gasteiger partial charge in [0, 0.05) is 31.1 Å². The lowest BCUT2D eigenvalue weighted by molar-refractivity contribution is -0.361. The number of hydrogen-bond acceptors (Lipinski definition) is 24. The highest BCUT2D eigenvalue weighted by molar-refractivity contribution is 5.30. The summed E-state index contributed by atoms with van der Waals surface area (Å²) in [5.41, 5.74) is -0.586. The number of ether oxygens (including phenoxy) is 10. The molecule has 0 aromatic rings. The molecule has 4 aliphatic carbocycles. The van der Waals surface area contributed by atoms with Crippen LogP contribution < -0.4 is 0 Å². The van der Waals surface area contributed by atoms with Crippen molar-refractivity contribution in [3.8, 4) is 0 Å². The molecular formula is C60H102O24. The van der Waals surface area contributed by atoms with Gasteiger partial charge in [-0.15, -0.1) is 0 Å². The lowest BCUT2D eigenvalue weighted by atomic mass is 9.39. The van der Waals surface area contributed by atoms with Crippen molar-refractivity contribution in [2.75, 3.05) is 33.0 Å². The van der Waals surface area contributed by atoms with Gasteiger partial charge in [-0.3, -0.25) is 0 Å². The number of rotatable bonds is 20. The molecule has 486 valence electrons. The van der Waals surface area contributed by atoms with Crippen molar-refractivity contribution in [2.45, 2.75) is 286 Å². The number of aliphatic hydroxyl groups excluding tert-OH is 13. The van der Waals surface area contributed by atoms with Gasteiger partial charge in [-0.05, 0) is 112 Å². The molecule has 24 heteroatoms. The molecule has 84 heavy (non-hydrogen) atoms. The van der Waals surface area contributed by atoms with Crippen molar-refractivity contribution >= 4 is 0 Å². The lowest BCUT2D eigenvalue weighted by Crippen LogP contribution is -2.60. The van der Waals surface area contributed by atoms with Crippen LogP contribution in [0.2, 0.25) is 0 Å². The zero-order chi connectivity index (χ0) is 61.2. The van der Waals surface area contributed by atoms with Crippen molar-refractivity contribution in [3.05, 3.63) is 11.6 Å². The van der Waals surface area contributed by atoms with Crippen LogP contribution in [0.4, 0.5) is 0 Å². The highest BCUT2D eigenvalue weighted by Crippen LogP contribution is 2.75. The largest absolute Gasteiger partial charge is 0.394 e. The molecule has 0 spiro atoms. The molecule has 5 saturated heterocycles. The normalized spacial score (nSPS) is 49.7. The molecule has 0 bridgehead atoms. The average Bonchev–Trinajstić information content (AvgIpc) is 1.43. The second-order valence-electron chi connectivity index (χ2n) is 28.3. The summed E-state index contributed by atoms with van der Waals surface area (Å²) in [5.74, 6) is 1.20. The van der Waals surface area contributed by atoms with E-state index in [1.807, 2.05) is 0 Å². The molecule has 8 fully saturated rings. The Bertz CT molecular complexity index is 2170. The van der Waals surface area contributed by atoms with Gasteiger partial charge >= 0.3 is 0 Å². The topological polar surface area (TPSA) is 376 Å². The van der Waals surface area contributed by atoms with Crippen LogP contribution in [-0.4, -0.2) is 251 Å². The Morgan fingerprint density at radius 2 is 1.15 bits per heavy atom. The zero-order valence-electron chi connectivity index (χ0n) is 50.2. The summed E-state index contributed by atoms with van der Waals surface area (Å²) in [5, 5.41) is 149. The Labute approximate surface area is 493 Å². The monoisotopic (exact) mass is 1210 g/mol. The summed E-state index contributed by atoms with van der Waals surface area (Å²) < 4.78 is 60.9. The van der Waals surface area contributed by atoms with Crippen LogP contribution in [0, 0.1) is 45.3 Å². The number of aliphatic hydroxyl groups is 14. The first-order chi connectivity index (χ1) is 39.5. The Balaban J connectivity index is 0.855. The molecule has 30 atom stereocenters. The van der Waals surface area contributed by atoms with E-state index >= 15 is 0 Å². The number of fused-ring (bicyclic) bond motifs is 5. The fraction of sp³-hybridized carbons (Fsp3) is 0.967. The predicted molar refractivity (Wildman–Crippen MR) is 293 cm³/mol. The summed E-state index contributed by atoms with van der Waals surface area (Å²) in [4.78, 5) is 0. The molecule has 5 aliphatic heterocycles. The van der Waals surface area contributed by atoms with E-state index < -0.39 is 166 Å². The van der Waals surface area contributed by atoms with Gasteiger partial charge in [-0.2, -0.15) is 0 Å². The smallest absolute Gasteiger partial charge is 0.187 e. The molecule has 9 aliphatic rings. The summed E-state index contributed by atoms with van der Waals surface area (Å²) in [6.07, 6.45) is -17.8. The van der Waals surface area contributed by atoms with Crippen LogP contribution in [0.1, 0.15) is 139 Å². The molecule has 3 saturated carbocycles. The second kappa shape index (κ2) is 26.5. The van der Waals surface area contributed by atoms with Crippen molar-refractivity contribution < 1.29 is 119 Å². The van der Waals surface area contributed by atoms with Gasteiger partial charge in [0.05, 0.1) is 93.6 Å². The summed E-state index contributed by atoms with van der Waals surface area (Å²) in [6, 6.07) is 0. The van der Waals surface area contributed by atoms with Crippen LogP contribution in [0.5, 0.6) is 0 Å². The maximum Gasteiger partial charge on any atom is 0.187 e. The average molecular weight is 1210 g/mol. The van der Waals surface area contributed by atoms with E-state index in [0.29, 0.717) is 37.0 Å². The van der Waals surface area contributed by atoms with Crippen LogP contribution >= 0.6 is 0 Å². The molecular weight excluding hydrogens is 1100 g/mol. The van der Waals surface area contributed by atoms with E-state index in [0.717, 1.165) is 38.5 Å². The minimum atomic E-state index is -1.69. The van der Waals surface area contributed by atoms with Gasteiger partial charge in [-0.25, -0.2) is 0 Å². The van der Waals surface area contributed by atoms with Crippen molar-refractivity contribution in [1.29, 1.82) is 0 Å². The van der Waals surface area contributed by atoms with Crippen molar-refractivity contribution in [2.24, 2.45) is 45.3 Å². The standard InChI is InChI=1S/C60H102O24/c1-28(9-13-44(57(4,5)74)83-55-50(84-54-46(70)36(65)19-29(23-61)77-54)38(67)21-31(79-55)27-76-52-49(73)48(72)47(71)41(25-63)81-52)32-15-16-60(8)42-12-10-33-34(58(42,6)17-18-59(32,60)7)11-14-43(56(33,2)3)82-53-45(69)37(66)20-30(78-53)26-75-51-39(68)22-35(64)40(24-62)80-51/h10,28-32,34-55,61-74H,9,11-27H2,1-8H3/t28-,29?,30+,31+,32?,34?,35+,36+,37+,38+,39-,40-,41-,42?,43+,44-,45-,46-,47?,48+,49-,50?,51+,52?,53+,54+,55+,58+,59-,60+/m1/s1. The second-order valence-corrected chi connectivity index (χ2v) is 28.3.